The van der Waals surface area contributed by atoms with Gasteiger partial charge in [-0.15, -0.1) is 6.58 Å². The standard InChI is InChI=1S/C25H32N4O4S/c1-6-14-29(24(15-18(3)4)25(30)33-7-2)34(31,32)21-10-8-20(9-11-21)17-28-19(5)27-22-16-26-13-12-23(22)28/h6,8-13,16,18,24H,1,7,14-15,17H2,2-5H3/t24-/m0/s1. The van der Waals surface area contributed by atoms with Crippen LogP contribution in [0, 0.1) is 12.8 Å². The molecule has 0 aliphatic rings. The summed E-state index contributed by atoms with van der Waals surface area (Å²) in [6.07, 6.45) is 5.28. The molecule has 0 radical (unpaired) electrons. The molecule has 3 aromatic rings. The molecule has 2 aromatic heterocycles. The molecule has 0 N–H and O–H groups in total. The molecule has 182 valence electrons. The van der Waals surface area contributed by atoms with Gasteiger partial charge in [0.2, 0.25) is 10.0 Å². The molecule has 0 aliphatic heterocycles. The Balaban J connectivity index is 1.91. The van der Waals surface area contributed by atoms with Gasteiger partial charge in [-0.25, -0.2) is 13.4 Å². The van der Waals surface area contributed by atoms with Crippen molar-refractivity contribution in [2.45, 2.75) is 51.6 Å². The van der Waals surface area contributed by atoms with Crippen LogP contribution in [0.15, 0.2) is 60.3 Å². The molecule has 34 heavy (non-hydrogen) atoms. The predicted octanol–water partition coefficient (Wildman–Crippen LogP) is 3.94. The molecule has 0 fully saturated rings. The number of carbonyl (C=O) groups is 1. The number of esters is 1. The van der Waals surface area contributed by atoms with Crippen molar-refractivity contribution in [2.75, 3.05) is 13.2 Å². The number of aromatic nitrogens is 3. The van der Waals surface area contributed by atoms with E-state index >= 15 is 0 Å². The lowest BCUT2D eigenvalue weighted by Crippen LogP contribution is -2.46. The molecular formula is C25H32N4O4S. The number of pyridine rings is 1. The van der Waals surface area contributed by atoms with Crippen molar-refractivity contribution in [3.8, 4) is 0 Å². The van der Waals surface area contributed by atoms with Crippen LogP contribution in [-0.2, 0) is 26.1 Å². The van der Waals surface area contributed by atoms with Crippen molar-refractivity contribution in [1.29, 1.82) is 0 Å². The molecule has 0 unspecified atom stereocenters. The van der Waals surface area contributed by atoms with Crippen molar-refractivity contribution < 1.29 is 17.9 Å². The highest BCUT2D eigenvalue weighted by Crippen LogP contribution is 2.24. The van der Waals surface area contributed by atoms with Gasteiger partial charge >= 0.3 is 5.97 Å². The van der Waals surface area contributed by atoms with E-state index in [-0.39, 0.29) is 24.0 Å². The second-order valence-corrected chi connectivity index (χ2v) is 10.4. The van der Waals surface area contributed by atoms with Gasteiger partial charge in [0.1, 0.15) is 17.4 Å². The summed E-state index contributed by atoms with van der Waals surface area (Å²) in [5.74, 6) is 0.403. The summed E-state index contributed by atoms with van der Waals surface area (Å²) in [7, 11) is -3.96. The number of hydrogen-bond donors (Lipinski definition) is 0. The summed E-state index contributed by atoms with van der Waals surface area (Å²) in [4.78, 5) is 21.4. The number of aryl methyl sites for hydroxylation is 1. The Morgan fingerprint density at radius 1 is 1.24 bits per heavy atom. The van der Waals surface area contributed by atoms with Gasteiger partial charge in [0, 0.05) is 19.3 Å². The summed E-state index contributed by atoms with van der Waals surface area (Å²) in [5.41, 5.74) is 2.71. The number of ether oxygens (including phenoxy) is 1. The third kappa shape index (κ3) is 5.53. The van der Waals surface area contributed by atoms with Crippen LogP contribution in [0.25, 0.3) is 11.0 Å². The number of nitrogens with zero attached hydrogens (tertiary/aromatic N) is 4. The van der Waals surface area contributed by atoms with Crippen molar-refractivity contribution >= 4 is 27.0 Å². The number of fused-ring (bicyclic) bond motifs is 1. The number of hydrogen-bond acceptors (Lipinski definition) is 6. The summed E-state index contributed by atoms with van der Waals surface area (Å²) in [6, 6.07) is 7.71. The molecule has 0 amide bonds. The summed E-state index contributed by atoms with van der Waals surface area (Å²) in [5, 5.41) is 0. The fourth-order valence-electron chi connectivity index (χ4n) is 3.92. The van der Waals surface area contributed by atoms with E-state index in [9.17, 15) is 13.2 Å². The first-order valence-corrected chi connectivity index (χ1v) is 12.8. The number of rotatable bonds is 11. The molecule has 0 bridgehead atoms. The quantitative estimate of drug-likeness (QED) is 0.302. The average Bonchev–Trinajstić information content (AvgIpc) is 3.11. The van der Waals surface area contributed by atoms with Crippen LogP contribution in [0.2, 0.25) is 0 Å². The third-order valence-corrected chi connectivity index (χ3v) is 7.41. The molecule has 0 aliphatic carbocycles. The molecule has 2 heterocycles. The van der Waals surface area contributed by atoms with Crippen molar-refractivity contribution in [3.63, 3.8) is 0 Å². The van der Waals surface area contributed by atoms with Crippen molar-refractivity contribution in [3.05, 3.63) is 66.8 Å². The zero-order valence-electron chi connectivity index (χ0n) is 20.1. The van der Waals surface area contributed by atoms with E-state index in [0.717, 1.165) is 22.4 Å². The zero-order valence-corrected chi connectivity index (χ0v) is 21.0. The van der Waals surface area contributed by atoms with Gasteiger partial charge in [-0.2, -0.15) is 4.31 Å². The second kappa shape index (κ2) is 10.9. The fraction of sp³-hybridized carbons (Fsp3) is 0.400. The molecule has 1 aromatic carbocycles. The minimum atomic E-state index is -3.96. The topological polar surface area (TPSA) is 94.4 Å². The maximum Gasteiger partial charge on any atom is 0.324 e. The Morgan fingerprint density at radius 3 is 2.56 bits per heavy atom. The van der Waals surface area contributed by atoms with E-state index in [1.807, 2.05) is 26.8 Å². The van der Waals surface area contributed by atoms with Gasteiger partial charge in [0.05, 0.1) is 23.2 Å². The van der Waals surface area contributed by atoms with Crippen LogP contribution in [0.5, 0.6) is 0 Å². The van der Waals surface area contributed by atoms with Crippen LogP contribution in [0.4, 0.5) is 0 Å². The minimum absolute atomic E-state index is 0.00847. The van der Waals surface area contributed by atoms with E-state index in [1.165, 1.54) is 10.4 Å². The first-order valence-electron chi connectivity index (χ1n) is 11.3. The van der Waals surface area contributed by atoms with E-state index in [4.69, 9.17) is 4.74 Å². The van der Waals surface area contributed by atoms with E-state index in [0.29, 0.717) is 13.0 Å². The van der Waals surface area contributed by atoms with Gasteiger partial charge in [0.15, 0.2) is 0 Å². The Morgan fingerprint density at radius 2 is 1.94 bits per heavy atom. The number of imidazole rings is 1. The smallest absolute Gasteiger partial charge is 0.324 e. The number of carbonyl (C=O) groups excluding carboxylic acids is 1. The third-order valence-electron chi connectivity index (χ3n) is 5.52. The predicted molar refractivity (Wildman–Crippen MR) is 132 cm³/mol. The normalized spacial score (nSPS) is 12.9. The Hall–Kier alpha value is -3.04. The maximum atomic E-state index is 13.6. The molecule has 0 saturated heterocycles. The Labute approximate surface area is 201 Å². The number of benzene rings is 1. The number of sulfonamides is 1. The lowest BCUT2D eigenvalue weighted by Gasteiger charge is -2.29. The highest BCUT2D eigenvalue weighted by molar-refractivity contribution is 7.89. The van der Waals surface area contributed by atoms with Gasteiger partial charge in [-0.3, -0.25) is 9.78 Å². The van der Waals surface area contributed by atoms with E-state index in [1.54, 1.807) is 43.6 Å². The van der Waals surface area contributed by atoms with Crippen LogP contribution >= 0.6 is 0 Å². The van der Waals surface area contributed by atoms with E-state index < -0.39 is 22.0 Å². The van der Waals surface area contributed by atoms with Crippen molar-refractivity contribution in [2.24, 2.45) is 5.92 Å². The van der Waals surface area contributed by atoms with Crippen LogP contribution in [-0.4, -0.2) is 52.4 Å². The molecule has 9 heteroatoms. The van der Waals surface area contributed by atoms with Gasteiger partial charge < -0.3 is 9.30 Å². The molecular weight excluding hydrogens is 452 g/mol. The molecule has 8 nitrogen and oxygen atoms in total. The molecule has 0 saturated carbocycles. The van der Waals surface area contributed by atoms with E-state index in [2.05, 4.69) is 21.1 Å². The van der Waals surface area contributed by atoms with Crippen LogP contribution in [0.3, 0.4) is 0 Å². The first kappa shape index (κ1) is 25.6. The zero-order chi connectivity index (χ0) is 24.9. The average molecular weight is 485 g/mol. The summed E-state index contributed by atoms with van der Waals surface area (Å²) < 4.78 is 35.6. The van der Waals surface area contributed by atoms with Crippen LogP contribution in [0.1, 0.15) is 38.6 Å². The van der Waals surface area contributed by atoms with Crippen LogP contribution < -0.4 is 0 Å². The maximum absolute atomic E-state index is 13.6. The first-order chi connectivity index (χ1) is 16.2. The van der Waals surface area contributed by atoms with Gasteiger partial charge in [0.25, 0.3) is 0 Å². The highest BCUT2D eigenvalue weighted by Gasteiger charge is 2.36. The summed E-state index contributed by atoms with van der Waals surface area (Å²) in [6.45, 7) is 11.9. The Bertz CT molecular complexity index is 1250. The molecule has 0 spiro atoms. The van der Waals surface area contributed by atoms with Gasteiger partial charge in [-0.05, 0) is 49.9 Å². The van der Waals surface area contributed by atoms with Gasteiger partial charge in [-0.1, -0.05) is 32.1 Å². The second-order valence-electron chi connectivity index (χ2n) is 8.51. The SMILES string of the molecule is C=CCN([C@@H](CC(C)C)C(=O)OCC)S(=O)(=O)c1ccc(Cn2c(C)nc3cnccc32)cc1. The lowest BCUT2D eigenvalue weighted by molar-refractivity contribution is -0.148. The molecule has 3 rings (SSSR count). The Kier molecular flexibility index (Phi) is 8.22. The largest absolute Gasteiger partial charge is 0.465 e. The monoisotopic (exact) mass is 484 g/mol. The minimum Gasteiger partial charge on any atom is -0.465 e. The highest BCUT2D eigenvalue weighted by atomic mass is 32.2. The fourth-order valence-corrected chi connectivity index (χ4v) is 5.48. The van der Waals surface area contributed by atoms with Crippen molar-refractivity contribution in [1.82, 2.24) is 18.8 Å². The molecule has 1 atom stereocenters. The summed E-state index contributed by atoms with van der Waals surface area (Å²) >= 11 is 0. The lowest BCUT2D eigenvalue weighted by atomic mass is 10.0.